The first-order valence-electron chi connectivity index (χ1n) is 6.38. The van der Waals surface area contributed by atoms with E-state index in [1.807, 2.05) is 6.92 Å². The number of nitrogens with zero attached hydrogens (tertiary/aromatic N) is 1. The Morgan fingerprint density at radius 2 is 2.25 bits per heavy atom. The minimum absolute atomic E-state index is 0.134. The second-order valence-electron chi connectivity index (χ2n) is 5.51. The van der Waals surface area contributed by atoms with Crippen LogP contribution in [0.3, 0.4) is 0 Å². The third-order valence-electron chi connectivity index (χ3n) is 2.81. The van der Waals surface area contributed by atoms with E-state index >= 15 is 0 Å². The first-order chi connectivity index (χ1) is 9.21. The summed E-state index contributed by atoms with van der Waals surface area (Å²) in [6.45, 7) is 5.58. The van der Waals surface area contributed by atoms with E-state index in [2.05, 4.69) is 4.98 Å². The van der Waals surface area contributed by atoms with Gasteiger partial charge in [-0.15, -0.1) is 0 Å². The Kier molecular flexibility index (Phi) is 5.51. The number of nitrogens with two attached hydrogens (primary N) is 1. The Labute approximate surface area is 124 Å². The topological polar surface area (TPSA) is 89.1 Å². The van der Waals surface area contributed by atoms with Crippen LogP contribution in [-0.4, -0.2) is 22.4 Å². The molecule has 0 unspecified atom stereocenters. The molecule has 5 nitrogen and oxygen atoms in total. The van der Waals surface area contributed by atoms with Gasteiger partial charge >= 0.3 is 6.09 Å². The summed E-state index contributed by atoms with van der Waals surface area (Å²) in [4.78, 5) is 14.9. The van der Waals surface area contributed by atoms with Gasteiger partial charge in [0.15, 0.2) is 0 Å². The van der Waals surface area contributed by atoms with Crippen LogP contribution in [0.5, 0.6) is 0 Å². The molecular formula is C14H20ClN3O2. The molecule has 0 fully saturated rings. The number of carbonyl (C=O) groups excluding carboxylic acids is 1. The highest BCUT2D eigenvalue weighted by atomic mass is 35.5. The summed E-state index contributed by atoms with van der Waals surface area (Å²) in [7, 11) is 0. The summed E-state index contributed by atoms with van der Waals surface area (Å²) in [5.41, 5.74) is 5.25. The van der Waals surface area contributed by atoms with Crippen LogP contribution in [0.15, 0.2) is 18.3 Å². The molecular weight excluding hydrogens is 278 g/mol. The second-order valence-corrected chi connectivity index (χ2v) is 5.91. The predicted molar refractivity (Wildman–Crippen MR) is 79.2 cm³/mol. The molecule has 0 aliphatic heterocycles. The molecule has 1 aromatic rings. The van der Waals surface area contributed by atoms with E-state index in [9.17, 15) is 4.79 Å². The van der Waals surface area contributed by atoms with E-state index in [1.54, 1.807) is 32.2 Å². The van der Waals surface area contributed by atoms with Gasteiger partial charge in [0.05, 0.1) is 10.7 Å². The molecule has 0 aromatic carbocycles. The normalized spacial score (nSPS) is 12.8. The third kappa shape index (κ3) is 5.17. The largest absolute Gasteiger partial charge is 0.444 e. The molecule has 0 aliphatic rings. The molecule has 0 aliphatic carbocycles. The van der Waals surface area contributed by atoms with E-state index in [0.717, 1.165) is 0 Å². The van der Waals surface area contributed by atoms with Gasteiger partial charge in [0.2, 0.25) is 0 Å². The van der Waals surface area contributed by atoms with Crippen LogP contribution in [-0.2, 0) is 4.74 Å². The number of halogens is 1. The molecule has 1 amide bonds. The van der Waals surface area contributed by atoms with Crippen molar-refractivity contribution in [1.29, 1.82) is 5.41 Å². The summed E-state index contributed by atoms with van der Waals surface area (Å²) in [5, 5.41) is 8.54. The zero-order valence-electron chi connectivity index (χ0n) is 11.9. The molecule has 0 saturated carbocycles. The van der Waals surface area contributed by atoms with Crippen molar-refractivity contribution in [3.8, 4) is 0 Å². The highest BCUT2D eigenvalue weighted by Gasteiger charge is 2.25. The quantitative estimate of drug-likeness (QED) is 0.789. The third-order valence-corrected chi connectivity index (χ3v) is 3.12. The molecule has 3 N–H and O–H groups in total. The number of hydrogen-bond donors (Lipinski definition) is 2. The van der Waals surface area contributed by atoms with Crippen molar-refractivity contribution < 1.29 is 9.53 Å². The average molecular weight is 298 g/mol. The lowest BCUT2D eigenvalue weighted by atomic mass is 9.90. The molecule has 20 heavy (non-hydrogen) atoms. The maximum atomic E-state index is 10.8. The molecule has 1 atom stereocenters. The lowest BCUT2D eigenvalue weighted by Gasteiger charge is -2.27. The van der Waals surface area contributed by atoms with E-state index in [4.69, 9.17) is 27.5 Å². The number of nitrogens with one attached hydrogen (secondary N) is 1. The van der Waals surface area contributed by atoms with E-state index < -0.39 is 11.7 Å². The van der Waals surface area contributed by atoms with Gasteiger partial charge in [-0.2, -0.15) is 0 Å². The first kappa shape index (κ1) is 16.4. The molecule has 0 spiro atoms. The van der Waals surface area contributed by atoms with Crippen molar-refractivity contribution in [2.24, 2.45) is 11.7 Å². The van der Waals surface area contributed by atoms with Crippen molar-refractivity contribution >= 4 is 23.4 Å². The summed E-state index contributed by atoms with van der Waals surface area (Å²) < 4.78 is 5.05. The maximum absolute atomic E-state index is 10.8. The summed E-state index contributed by atoms with van der Waals surface area (Å²) >= 11 is 6.02. The van der Waals surface area contributed by atoms with E-state index in [-0.39, 0.29) is 5.92 Å². The number of amides is 1. The zero-order valence-corrected chi connectivity index (χ0v) is 12.7. The van der Waals surface area contributed by atoms with Crippen molar-refractivity contribution in [3.63, 3.8) is 0 Å². The fourth-order valence-electron chi connectivity index (χ4n) is 2.28. The second kappa shape index (κ2) is 6.70. The van der Waals surface area contributed by atoms with Crippen LogP contribution < -0.4 is 5.73 Å². The van der Waals surface area contributed by atoms with Gasteiger partial charge in [0, 0.05) is 6.20 Å². The molecule has 110 valence electrons. The number of aromatic nitrogens is 1. The summed E-state index contributed by atoms with van der Waals surface area (Å²) in [5.74, 6) is 0.134. The lowest BCUT2D eigenvalue weighted by Crippen LogP contribution is -2.33. The number of carbonyl (C=O) groups is 1. The van der Waals surface area contributed by atoms with Crippen LogP contribution in [0.25, 0.3) is 0 Å². The smallest absolute Gasteiger partial charge is 0.405 e. The highest BCUT2D eigenvalue weighted by Crippen LogP contribution is 2.24. The molecule has 1 heterocycles. The molecule has 0 radical (unpaired) electrons. The molecule has 1 rings (SSSR count). The Balaban J connectivity index is 2.63. The molecule has 0 bridgehead atoms. The minimum atomic E-state index is -0.787. The fourth-order valence-corrected chi connectivity index (χ4v) is 2.51. The van der Waals surface area contributed by atoms with Gasteiger partial charge < -0.3 is 15.9 Å². The number of rotatable bonds is 6. The van der Waals surface area contributed by atoms with E-state index in [1.165, 1.54) is 0 Å². The average Bonchev–Trinajstić information content (AvgIpc) is 2.25. The van der Waals surface area contributed by atoms with Crippen molar-refractivity contribution in [1.82, 2.24) is 4.98 Å². The van der Waals surface area contributed by atoms with Crippen molar-refractivity contribution in [2.75, 3.05) is 0 Å². The Hall–Kier alpha value is -1.62. The Morgan fingerprint density at radius 1 is 1.60 bits per heavy atom. The van der Waals surface area contributed by atoms with Gasteiger partial charge in [0.25, 0.3) is 0 Å². The fraction of sp³-hybridized carbons (Fsp3) is 0.500. The molecule has 0 saturated heterocycles. The summed E-state index contributed by atoms with van der Waals surface area (Å²) in [6.07, 6.45) is 1.93. The van der Waals surface area contributed by atoms with Gasteiger partial charge in [-0.3, -0.25) is 4.98 Å². The minimum Gasteiger partial charge on any atom is -0.444 e. The number of pyridine rings is 1. The van der Waals surface area contributed by atoms with Crippen LogP contribution in [0.2, 0.25) is 5.02 Å². The summed E-state index contributed by atoms with van der Waals surface area (Å²) in [6, 6.07) is 3.44. The maximum Gasteiger partial charge on any atom is 0.405 e. The molecule has 6 heteroatoms. The number of hydrogen-bond acceptors (Lipinski definition) is 4. The van der Waals surface area contributed by atoms with Crippen molar-refractivity contribution in [3.05, 3.63) is 29.0 Å². The number of ether oxygens (including phenoxy) is 1. The lowest BCUT2D eigenvalue weighted by molar-refractivity contribution is 0.0290. The van der Waals surface area contributed by atoms with Crippen LogP contribution >= 0.6 is 11.6 Å². The monoisotopic (exact) mass is 297 g/mol. The SMILES string of the molecule is C[C@H](CC(=N)c1ncccc1Cl)CC(C)(C)OC(N)=O. The Bertz CT molecular complexity index is 503. The van der Waals surface area contributed by atoms with E-state index in [0.29, 0.717) is 29.3 Å². The first-order valence-corrected chi connectivity index (χ1v) is 6.76. The predicted octanol–water partition coefficient (Wildman–Crippen LogP) is 3.39. The van der Waals surface area contributed by atoms with Gasteiger partial charge in [-0.05, 0) is 44.7 Å². The number of primary amides is 1. The Morgan fingerprint density at radius 3 is 2.80 bits per heavy atom. The van der Waals surface area contributed by atoms with Crippen LogP contribution in [0.1, 0.15) is 39.3 Å². The zero-order chi connectivity index (χ0) is 15.3. The van der Waals surface area contributed by atoms with Crippen LogP contribution in [0.4, 0.5) is 4.79 Å². The van der Waals surface area contributed by atoms with Crippen LogP contribution in [0, 0.1) is 11.3 Å². The molecule has 1 aromatic heterocycles. The van der Waals surface area contributed by atoms with Gasteiger partial charge in [0.1, 0.15) is 11.3 Å². The standard InChI is InChI=1S/C14H20ClN3O2/c1-9(8-14(2,3)20-13(17)19)7-11(16)12-10(15)5-4-6-18-12/h4-6,9,16H,7-8H2,1-3H3,(H2,17,19)/t9-/m1/s1. The van der Waals surface area contributed by atoms with Gasteiger partial charge in [-0.1, -0.05) is 18.5 Å². The van der Waals surface area contributed by atoms with Gasteiger partial charge in [-0.25, -0.2) is 4.79 Å². The highest BCUT2D eigenvalue weighted by molar-refractivity contribution is 6.33. The van der Waals surface area contributed by atoms with Crippen molar-refractivity contribution in [2.45, 2.75) is 39.2 Å².